The molecule has 2 nitrogen and oxygen atoms in total. The number of thioether (sulfide) groups is 1. The Kier molecular flexibility index (Phi) is 4.92. The minimum Gasteiger partial charge on any atom is -0.334 e. The van der Waals surface area contributed by atoms with Gasteiger partial charge in [0.25, 0.3) is 0 Å². The van der Waals surface area contributed by atoms with Gasteiger partial charge in [0.1, 0.15) is 0 Å². The molecule has 1 saturated carbocycles. The Morgan fingerprint density at radius 2 is 1.95 bits per heavy atom. The minimum absolute atomic E-state index is 0.0462. The number of carbonyl (C=O) groups is 1. The summed E-state index contributed by atoms with van der Waals surface area (Å²) < 4.78 is 0. The maximum atomic E-state index is 12.6. The van der Waals surface area contributed by atoms with Gasteiger partial charge in [-0.1, -0.05) is 30.3 Å². The first-order valence-corrected chi connectivity index (χ1v) is 8.29. The summed E-state index contributed by atoms with van der Waals surface area (Å²) in [5.41, 5.74) is 1.22. The molecule has 2 rings (SSSR count). The van der Waals surface area contributed by atoms with Crippen LogP contribution in [0.15, 0.2) is 30.3 Å². The molecule has 1 fully saturated rings. The standard InChI is InChI=1S/C16H23NOS/c1-12(15-9-10-15)17(16(18)13(2)19-3)11-14-7-5-4-6-8-14/h4-8,12-13,15H,9-11H2,1-3H3. The molecule has 2 unspecified atom stereocenters. The van der Waals surface area contributed by atoms with Gasteiger partial charge < -0.3 is 4.90 Å². The van der Waals surface area contributed by atoms with Crippen molar-refractivity contribution in [2.24, 2.45) is 5.92 Å². The number of carbonyl (C=O) groups excluding carboxylic acids is 1. The highest BCUT2D eigenvalue weighted by Crippen LogP contribution is 2.36. The predicted octanol–water partition coefficient (Wildman–Crippen LogP) is 3.57. The van der Waals surface area contributed by atoms with Crippen molar-refractivity contribution >= 4 is 17.7 Å². The van der Waals surface area contributed by atoms with Crippen LogP contribution >= 0.6 is 11.8 Å². The number of amides is 1. The monoisotopic (exact) mass is 277 g/mol. The van der Waals surface area contributed by atoms with E-state index in [-0.39, 0.29) is 11.2 Å². The maximum Gasteiger partial charge on any atom is 0.235 e. The van der Waals surface area contributed by atoms with Gasteiger partial charge in [0.05, 0.1) is 5.25 Å². The van der Waals surface area contributed by atoms with E-state index in [9.17, 15) is 4.79 Å². The molecule has 2 atom stereocenters. The van der Waals surface area contributed by atoms with Gasteiger partial charge in [-0.05, 0) is 44.4 Å². The first-order valence-electron chi connectivity index (χ1n) is 7.00. The molecule has 0 spiro atoms. The lowest BCUT2D eigenvalue weighted by Crippen LogP contribution is -2.43. The Balaban J connectivity index is 2.11. The number of benzene rings is 1. The molecule has 1 amide bonds. The lowest BCUT2D eigenvalue weighted by molar-refractivity contribution is -0.133. The average molecular weight is 277 g/mol. The van der Waals surface area contributed by atoms with Crippen LogP contribution in [-0.2, 0) is 11.3 Å². The van der Waals surface area contributed by atoms with Gasteiger partial charge in [0.15, 0.2) is 0 Å². The molecule has 0 radical (unpaired) electrons. The van der Waals surface area contributed by atoms with E-state index in [1.165, 1.54) is 18.4 Å². The van der Waals surface area contributed by atoms with Gasteiger partial charge in [-0.3, -0.25) is 4.79 Å². The van der Waals surface area contributed by atoms with E-state index in [2.05, 4.69) is 24.0 Å². The molecule has 1 aromatic rings. The number of rotatable bonds is 6. The zero-order chi connectivity index (χ0) is 13.8. The van der Waals surface area contributed by atoms with Crippen molar-refractivity contribution in [3.05, 3.63) is 35.9 Å². The van der Waals surface area contributed by atoms with Crippen LogP contribution in [0.2, 0.25) is 0 Å². The maximum absolute atomic E-state index is 12.6. The fourth-order valence-electron chi connectivity index (χ4n) is 2.37. The van der Waals surface area contributed by atoms with E-state index in [0.29, 0.717) is 12.0 Å². The first-order chi connectivity index (χ1) is 9.13. The van der Waals surface area contributed by atoms with E-state index in [1.54, 1.807) is 11.8 Å². The van der Waals surface area contributed by atoms with Crippen molar-refractivity contribution in [2.45, 2.75) is 44.5 Å². The molecule has 0 N–H and O–H groups in total. The summed E-state index contributed by atoms with van der Waals surface area (Å²) in [7, 11) is 0. The lowest BCUT2D eigenvalue weighted by Gasteiger charge is -2.31. The molecular formula is C16H23NOS. The molecule has 104 valence electrons. The Labute approximate surface area is 120 Å². The fourth-order valence-corrected chi connectivity index (χ4v) is 2.71. The van der Waals surface area contributed by atoms with E-state index < -0.39 is 0 Å². The van der Waals surface area contributed by atoms with E-state index in [4.69, 9.17) is 0 Å². The van der Waals surface area contributed by atoms with Crippen LogP contribution in [0, 0.1) is 5.92 Å². The molecule has 19 heavy (non-hydrogen) atoms. The van der Waals surface area contributed by atoms with Gasteiger partial charge >= 0.3 is 0 Å². The van der Waals surface area contributed by atoms with Gasteiger partial charge in [-0.25, -0.2) is 0 Å². The molecule has 1 aromatic carbocycles. The SMILES string of the molecule is CSC(C)C(=O)N(Cc1ccccc1)C(C)C1CC1. The molecule has 1 aliphatic carbocycles. The Morgan fingerprint density at radius 3 is 2.47 bits per heavy atom. The third-order valence-corrected chi connectivity index (χ3v) is 4.88. The van der Waals surface area contributed by atoms with Crippen LogP contribution in [0.1, 0.15) is 32.3 Å². The van der Waals surface area contributed by atoms with E-state index in [1.807, 2.05) is 31.4 Å². The number of nitrogens with zero attached hydrogens (tertiary/aromatic N) is 1. The van der Waals surface area contributed by atoms with Gasteiger partial charge in [-0.2, -0.15) is 11.8 Å². The van der Waals surface area contributed by atoms with Crippen LogP contribution in [0.25, 0.3) is 0 Å². The van der Waals surface area contributed by atoms with Crippen LogP contribution in [0.3, 0.4) is 0 Å². The molecular weight excluding hydrogens is 254 g/mol. The molecule has 0 heterocycles. The highest BCUT2D eigenvalue weighted by molar-refractivity contribution is 7.99. The number of hydrogen-bond donors (Lipinski definition) is 0. The van der Waals surface area contributed by atoms with Crippen molar-refractivity contribution in [3.8, 4) is 0 Å². The fraction of sp³-hybridized carbons (Fsp3) is 0.562. The normalized spacial score (nSPS) is 17.8. The zero-order valence-corrected chi connectivity index (χ0v) is 12.8. The lowest BCUT2D eigenvalue weighted by atomic mass is 10.1. The molecule has 3 heteroatoms. The summed E-state index contributed by atoms with van der Waals surface area (Å²) in [5, 5.41) is 0.0462. The first kappa shape index (κ1) is 14.4. The van der Waals surface area contributed by atoms with E-state index in [0.717, 1.165) is 6.54 Å². The van der Waals surface area contributed by atoms with E-state index >= 15 is 0 Å². The molecule has 0 bridgehead atoms. The summed E-state index contributed by atoms with van der Waals surface area (Å²) in [5.74, 6) is 0.984. The second kappa shape index (κ2) is 6.47. The molecule has 0 saturated heterocycles. The van der Waals surface area contributed by atoms with Crippen molar-refractivity contribution < 1.29 is 4.79 Å². The summed E-state index contributed by atoms with van der Waals surface area (Å²) in [4.78, 5) is 14.6. The van der Waals surface area contributed by atoms with Crippen molar-refractivity contribution in [1.29, 1.82) is 0 Å². The number of hydrogen-bond acceptors (Lipinski definition) is 2. The smallest absolute Gasteiger partial charge is 0.235 e. The van der Waals surface area contributed by atoms with Crippen LogP contribution in [-0.4, -0.2) is 28.4 Å². The molecule has 1 aliphatic rings. The highest BCUT2D eigenvalue weighted by atomic mass is 32.2. The summed E-state index contributed by atoms with van der Waals surface area (Å²) in [6.07, 6.45) is 4.55. The quantitative estimate of drug-likeness (QED) is 0.792. The average Bonchev–Trinajstić information content (AvgIpc) is 3.28. The van der Waals surface area contributed by atoms with Crippen molar-refractivity contribution in [3.63, 3.8) is 0 Å². The van der Waals surface area contributed by atoms with Crippen molar-refractivity contribution in [1.82, 2.24) is 4.90 Å². The molecule has 0 aliphatic heterocycles. The van der Waals surface area contributed by atoms with Gasteiger partial charge in [0.2, 0.25) is 5.91 Å². The summed E-state index contributed by atoms with van der Waals surface area (Å²) in [6.45, 7) is 4.94. The van der Waals surface area contributed by atoms with Crippen LogP contribution in [0.5, 0.6) is 0 Å². The largest absolute Gasteiger partial charge is 0.334 e. The summed E-state index contributed by atoms with van der Waals surface area (Å²) in [6, 6.07) is 10.7. The Bertz CT molecular complexity index is 416. The van der Waals surface area contributed by atoms with Crippen LogP contribution in [0.4, 0.5) is 0 Å². The minimum atomic E-state index is 0.0462. The second-order valence-electron chi connectivity index (χ2n) is 5.41. The highest BCUT2D eigenvalue weighted by Gasteiger charge is 2.35. The third kappa shape index (κ3) is 3.75. The van der Waals surface area contributed by atoms with Crippen molar-refractivity contribution in [2.75, 3.05) is 6.26 Å². The predicted molar refractivity (Wildman–Crippen MR) is 82.2 cm³/mol. The Hall–Kier alpha value is -0.960. The second-order valence-corrected chi connectivity index (χ2v) is 6.59. The van der Waals surface area contributed by atoms with Crippen LogP contribution < -0.4 is 0 Å². The Morgan fingerprint density at radius 1 is 1.32 bits per heavy atom. The summed E-state index contributed by atoms with van der Waals surface area (Å²) >= 11 is 1.63. The topological polar surface area (TPSA) is 20.3 Å². The zero-order valence-electron chi connectivity index (χ0n) is 12.0. The third-order valence-electron chi connectivity index (χ3n) is 3.98. The molecule has 0 aromatic heterocycles. The van der Waals surface area contributed by atoms with Gasteiger partial charge in [0, 0.05) is 12.6 Å². The van der Waals surface area contributed by atoms with Gasteiger partial charge in [-0.15, -0.1) is 0 Å².